The average Bonchev–Trinajstić information content (AvgIpc) is 2.50. The Morgan fingerprint density at radius 3 is 2.04 bits per heavy atom. The third kappa shape index (κ3) is 7.96. The zero-order valence-corrected chi connectivity index (χ0v) is 13.3. The van der Waals surface area contributed by atoms with E-state index in [1.165, 1.54) is 13.8 Å². The number of hydrogen-bond acceptors (Lipinski definition) is 6. The van der Waals surface area contributed by atoms with Gasteiger partial charge in [-0.25, -0.2) is 0 Å². The Bertz CT molecular complexity index is 515. The highest BCUT2D eigenvalue weighted by molar-refractivity contribution is 5.82. The molecule has 0 fully saturated rings. The molecule has 1 amide bonds. The smallest absolute Gasteiger partial charge is 0.302 e. The molecule has 0 aliphatic heterocycles. The molecule has 7 nitrogen and oxygen atoms in total. The van der Waals surface area contributed by atoms with Gasteiger partial charge in [0.25, 0.3) is 0 Å². The van der Waals surface area contributed by atoms with E-state index >= 15 is 0 Å². The van der Waals surface area contributed by atoms with Crippen LogP contribution in [0.25, 0.3) is 0 Å². The van der Waals surface area contributed by atoms with Crippen molar-refractivity contribution in [1.82, 2.24) is 5.32 Å². The number of nitrogens with two attached hydrogens (primary N) is 1. The first kappa shape index (κ1) is 18.6. The van der Waals surface area contributed by atoms with Crippen LogP contribution in [0.15, 0.2) is 30.3 Å². The number of benzene rings is 1. The van der Waals surface area contributed by atoms with Crippen LogP contribution in [0.5, 0.6) is 0 Å². The summed E-state index contributed by atoms with van der Waals surface area (Å²) >= 11 is 0. The maximum absolute atomic E-state index is 12.1. The van der Waals surface area contributed by atoms with Crippen molar-refractivity contribution in [2.24, 2.45) is 5.73 Å². The molecule has 3 N–H and O–H groups in total. The van der Waals surface area contributed by atoms with Gasteiger partial charge < -0.3 is 20.5 Å². The number of hydrogen-bond donors (Lipinski definition) is 2. The van der Waals surface area contributed by atoms with E-state index in [0.29, 0.717) is 6.42 Å². The van der Waals surface area contributed by atoms with E-state index in [9.17, 15) is 14.4 Å². The van der Waals surface area contributed by atoms with Crippen LogP contribution in [-0.2, 0) is 30.3 Å². The molecular formula is C16H22N2O5. The van der Waals surface area contributed by atoms with E-state index < -0.39 is 29.9 Å². The van der Waals surface area contributed by atoms with Gasteiger partial charge in [0.2, 0.25) is 5.91 Å². The standard InChI is InChI=1S/C16H22N2O5/c1-11(19)22-9-14(10-23-12(2)20)18-16(21)15(17)8-13-6-4-3-5-7-13/h3-7,14-15H,8-10,17H2,1-2H3,(H,18,21)/t15-/m0/s1. The van der Waals surface area contributed by atoms with Gasteiger partial charge in [-0.15, -0.1) is 0 Å². The lowest BCUT2D eigenvalue weighted by Gasteiger charge is -2.20. The SMILES string of the molecule is CC(=O)OCC(COC(C)=O)NC(=O)[C@@H](N)Cc1ccccc1. The van der Waals surface area contributed by atoms with Crippen LogP contribution in [0.1, 0.15) is 19.4 Å². The maximum Gasteiger partial charge on any atom is 0.302 e. The van der Waals surface area contributed by atoms with E-state index in [4.69, 9.17) is 15.2 Å². The highest BCUT2D eigenvalue weighted by Gasteiger charge is 2.20. The average molecular weight is 322 g/mol. The van der Waals surface area contributed by atoms with Crippen molar-refractivity contribution in [3.8, 4) is 0 Å². The quantitative estimate of drug-likeness (QED) is 0.661. The summed E-state index contributed by atoms with van der Waals surface area (Å²) in [5, 5.41) is 2.63. The topological polar surface area (TPSA) is 108 Å². The van der Waals surface area contributed by atoms with Gasteiger partial charge in [-0.05, 0) is 12.0 Å². The highest BCUT2D eigenvalue weighted by atomic mass is 16.5. The van der Waals surface area contributed by atoms with E-state index in [1.807, 2.05) is 30.3 Å². The van der Waals surface area contributed by atoms with Gasteiger partial charge in [-0.3, -0.25) is 14.4 Å². The molecule has 126 valence electrons. The summed E-state index contributed by atoms with van der Waals surface area (Å²) in [5.74, 6) is -1.38. The molecule has 0 spiro atoms. The Morgan fingerprint density at radius 2 is 1.57 bits per heavy atom. The number of ether oxygens (including phenoxy) is 2. The molecule has 23 heavy (non-hydrogen) atoms. The minimum atomic E-state index is -0.755. The summed E-state index contributed by atoms with van der Waals surface area (Å²) in [6.45, 7) is 2.33. The number of carbonyl (C=O) groups excluding carboxylic acids is 3. The van der Waals surface area contributed by atoms with E-state index in [1.54, 1.807) is 0 Å². The minimum absolute atomic E-state index is 0.0909. The van der Waals surface area contributed by atoms with Gasteiger partial charge in [0.1, 0.15) is 13.2 Å². The number of carbonyl (C=O) groups is 3. The summed E-state index contributed by atoms with van der Waals surface area (Å²) in [6, 6.07) is 7.97. The molecule has 0 radical (unpaired) electrons. The van der Waals surface area contributed by atoms with Crippen molar-refractivity contribution in [2.75, 3.05) is 13.2 Å². The van der Waals surface area contributed by atoms with Gasteiger partial charge in [0.05, 0.1) is 12.1 Å². The zero-order chi connectivity index (χ0) is 17.2. The third-order valence-electron chi connectivity index (χ3n) is 2.96. The second-order valence-corrected chi connectivity index (χ2v) is 5.11. The van der Waals surface area contributed by atoms with Crippen molar-refractivity contribution in [2.45, 2.75) is 32.4 Å². The molecule has 0 saturated heterocycles. The largest absolute Gasteiger partial charge is 0.464 e. The molecule has 1 rings (SSSR count). The minimum Gasteiger partial charge on any atom is -0.464 e. The van der Waals surface area contributed by atoms with Crippen LogP contribution >= 0.6 is 0 Å². The van der Waals surface area contributed by atoms with Crippen LogP contribution in [0, 0.1) is 0 Å². The number of amides is 1. The first-order valence-corrected chi connectivity index (χ1v) is 7.25. The maximum atomic E-state index is 12.1. The normalized spacial score (nSPS) is 11.7. The summed E-state index contributed by atoms with van der Waals surface area (Å²) in [6.07, 6.45) is 0.376. The molecule has 0 aliphatic rings. The van der Waals surface area contributed by atoms with Crippen LogP contribution in [0.4, 0.5) is 0 Å². The lowest BCUT2D eigenvalue weighted by atomic mass is 10.1. The molecule has 0 aromatic heterocycles. The Hall–Kier alpha value is -2.41. The molecule has 0 saturated carbocycles. The molecule has 1 aromatic rings. The van der Waals surface area contributed by atoms with E-state index in [-0.39, 0.29) is 13.2 Å². The Morgan fingerprint density at radius 1 is 1.04 bits per heavy atom. The molecule has 0 aliphatic carbocycles. The zero-order valence-electron chi connectivity index (χ0n) is 13.3. The molecule has 0 bridgehead atoms. The van der Waals surface area contributed by atoms with Crippen LogP contribution < -0.4 is 11.1 Å². The van der Waals surface area contributed by atoms with Gasteiger partial charge >= 0.3 is 11.9 Å². The second kappa shape index (κ2) is 9.58. The summed E-state index contributed by atoms with van der Waals surface area (Å²) in [7, 11) is 0. The van der Waals surface area contributed by atoms with Crippen LogP contribution in [0.2, 0.25) is 0 Å². The van der Waals surface area contributed by atoms with Crippen molar-refractivity contribution in [3.05, 3.63) is 35.9 Å². The number of rotatable bonds is 8. The van der Waals surface area contributed by atoms with Crippen LogP contribution in [-0.4, -0.2) is 43.1 Å². The Balaban J connectivity index is 2.55. The molecule has 0 heterocycles. The monoisotopic (exact) mass is 322 g/mol. The molecular weight excluding hydrogens is 300 g/mol. The summed E-state index contributed by atoms with van der Waals surface area (Å²) in [4.78, 5) is 33.9. The van der Waals surface area contributed by atoms with Crippen molar-refractivity contribution in [3.63, 3.8) is 0 Å². The van der Waals surface area contributed by atoms with Gasteiger partial charge in [-0.2, -0.15) is 0 Å². The van der Waals surface area contributed by atoms with E-state index in [0.717, 1.165) is 5.56 Å². The van der Waals surface area contributed by atoms with Crippen molar-refractivity contribution < 1.29 is 23.9 Å². The molecule has 1 aromatic carbocycles. The van der Waals surface area contributed by atoms with Gasteiger partial charge in [0, 0.05) is 13.8 Å². The predicted octanol–water partition coefficient (Wildman–Crippen LogP) is 0.167. The van der Waals surface area contributed by atoms with Gasteiger partial charge in [-0.1, -0.05) is 30.3 Å². The molecule has 7 heteroatoms. The fourth-order valence-corrected chi connectivity index (χ4v) is 1.84. The fraction of sp³-hybridized carbons (Fsp3) is 0.438. The first-order valence-electron chi connectivity index (χ1n) is 7.25. The third-order valence-corrected chi connectivity index (χ3v) is 2.96. The Kier molecular flexibility index (Phi) is 7.76. The van der Waals surface area contributed by atoms with Crippen LogP contribution in [0.3, 0.4) is 0 Å². The summed E-state index contributed by atoms with van der Waals surface area (Å²) in [5.41, 5.74) is 6.82. The molecule has 0 unspecified atom stereocenters. The fourth-order valence-electron chi connectivity index (χ4n) is 1.84. The highest BCUT2D eigenvalue weighted by Crippen LogP contribution is 2.02. The lowest BCUT2D eigenvalue weighted by molar-refractivity contribution is -0.146. The summed E-state index contributed by atoms with van der Waals surface area (Å²) < 4.78 is 9.70. The van der Waals surface area contributed by atoms with Gasteiger partial charge in [0.15, 0.2) is 0 Å². The number of nitrogens with one attached hydrogen (secondary N) is 1. The lowest BCUT2D eigenvalue weighted by Crippen LogP contribution is -2.49. The first-order chi connectivity index (χ1) is 10.9. The number of esters is 2. The second-order valence-electron chi connectivity index (χ2n) is 5.11. The Labute approximate surface area is 135 Å². The van der Waals surface area contributed by atoms with Crippen molar-refractivity contribution >= 4 is 17.8 Å². The predicted molar refractivity (Wildman–Crippen MR) is 83.3 cm³/mol. The van der Waals surface area contributed by atoms with E-state index in [2.05, 4.69) is 5.32 Å². The van der Waals surface area contributed by atoms with Crippen molar-refractivity contribution in [1.29, 1.82) is 0 Å². The molecule has 1 atom stereocenters.